The summed E-state index contributed by atoms with van der Waals surface area (Å²) >= 11 is 7.74. The molecule has 1 heterocycles. The average molecular weight is 292 g/mol. The Morgan fingerprint density at radius 3 is 2.79 bits per heavy atom. The van der Waals surface area contributed by atoms with E-state index in [-0.39, 0.29) is 5.91 Å². The number of rotatable bonds is 3. The number of halogens is 1. The van der Waals surface area contributed by atoms with Gasteiger partial charge in [0.1, 0.15) is 0 Å². The van der Waals surface area contributed by atoms with Crippen LogP contribution < -0.4 is 5.32 Å². The Hall–Kier alpha value is -1.58. The molecule has 1 aromatic carbocycles. The van der Waals surface area contributed by atoms with Crippen LogP contribution in [0, 0.1) is 13.8 Å². The van der Waals surface area contributed by atoms with Gasteiger partial charge in [0.15, 0.2) is 0 Å². The number of carbonyl (C=O) groups is 1. The van der Waals surface area contributed by atoms with E-state index in [0.717, 1.165) is 16.7 Å². The standard InChI is InChI=1S/C15H14ClNOS/c1-10-7-11(2)15(13(16)8-10)17-14(18)4-3-12-5-6-19-9-12/h3-9H,1-2H3,(H,17,18)/b4-3+. The van der Waals surface area contributed by atoms with Crippen molar-refractivity contribution in [1.29, 1.82) is 0 Å². The van der Waals surface area contributed by atoms with E-state index in [4.69, 9.17) is 11.6 Å². The zero-order valence-corrected chi connectivity index (χ0v) is 12.3. The number of hydrogen-bond acceptors (Lipinski definition) is 2. The Kier molecular flexibility index (Phi) is 4.40. The Balaban J connectivity index is 2.11. The second kappa shape index (κ2) is 6.04. The van der Waals surface area contributed by atoms with Crippen LogP contribution in [-0.4, -0.2) is 5.91 Å². The highest BCUT2D eigenvalue weighted by molar-refractivity contribution is 7.08. The van der Waals surface area contributed by atoms with E-state index in [2.05, 4.69) is 5.32 Å². The first kappa shape index (κ1) is 13.8. The predicted molar refractivity (Wildman–Crippen MR) is 82.9 cm³/mol. The number of benzene rings is 1. The quantitative estimate of drug-likeness (QED) is 0.818. The van der Waals surface area contributed by atoms with Gasteiger partial charge >= 0.3 is 0 Å². The Bertz CT molecular complexity index is 594. The average Bonchev–Trinajstić information content (AvgIpc) is 2.84. The summed E-state index contributed by atoms with van der Waals surface area (Å²) in [6.45, 7) is 3.90. The van der Waals surface area contributed by atoms with Crippen molar-refractivity contribution in [2.24, 2.45) is 0 Å². The number of carbonyl (C=O) groups excluding carboxylic acids is 1. The van der Waals surface area contributed by atoms with Gasteiger partial charge in [-0.3, -0.25) is 4.79 Å². The first-order valence-corrected chi connectivity index (χ1v) is 7.16. The molecule has 2 nitrogen and oxygen atoms in total. The molecule has 0 radical (unpaired) electrons. The van der Waals surface area contributed by atoms with Crippen molar-refractivity contribution in [2.45, 2.75) is 13.8 Å². The van der Waals surface area contributed by atoms with Gasteiger partial charge in [-0.05, 0) is 59.5 Å². The highest BCUT2D eigenvalue weighted by Gasteiger charge is 2.07. The highest BCUT2D eigenvalue weighted by Crippen LogP contribution is 2.27. The maximum atomic E-state index is 11.8. The largest absolute Gasteiger partial charge is 0.321 e. The molecule has 0 unspecified atom stereocenters. The molecule has 0 saturated heterocycles. The summed E-state index contributed by atoms with van der Waals surface area (Å²) in [6.07, 6.45) is 3.29. The van der Waals surface area contributed by atoms with Gasteiger partial charge in [0.2, 0.25) is 5.91 Å². The minimum Gasteiger partial charge on any atom is -0.321 e. The molecular weight excluding hydrogens is 278 g/mol. The fourth-order valence-electron chi connectivity index (χ4n) is 1.78. The van der Waals surface area contributed by atoms with E-state index in [9.17, 15) is 4.79 Å². The third-order valence-electron chi connectivity index (χ3n) is 2.65. The van der Waals surface area contributed by atoms with E-state index in [1.165, 1.54) is 6.08 Å². The second-order valence-corrected chi connectivity index (χ2v) is 5.51. The van der Waals surface area contributed by atoms with E-state index in [1.54, 1.807) is 17.4 Å². The Labute approximate surface area is 121 Å². The molecule has 1 N–H and O–H groups in total. The van der Waals surface area contributed by atoms with Gasteiger partial charge < -0.3 is 5.32 Å². The second-order valence-electron chi connectivity index (χ2n) is 4.32. The summed E-state index contributed by atoms with van der Waals surface area (Å²) in [6, 6.07) is 5.79. The fraction of sp³-hybridized carbons (Fsp3) is 0.133. The summed E-state index contributed by atoms with van der Waals surface area (Å²) in [7, 11) is 0. The van der Waals surface area contributed by atoms with E-state index in [1.807, 2.05) is 42.8 Å². The highest BCUT2D eigenvalue weighted by atomic mass is 35.5. The van der Waals surface area contributed by atoms with Crippen molar-refractivity contribution in [1.82, 2.24) is 0 Å². The zero-order valence-electron chi connectivity index (χ0n) is 10.7. The summed E-state index contributed by atoms with van der Waals surface area (Å²) in [5, 5.41) is 7.33. The molecule has 0 atom stereocenters. The van der Waals surface area contributed by atoms with E-state index >= 15 is 0 Å². The molecule has 98 valence electrons. The SMILES string of the molecule is Cc1cc(C)c(NC(=O)/C=C/c2ccsc2)c(Cl)c1. The summed E-state index contributed by atoms with van der Waals surface area (Å²) in [4.78, 5) is 11.8. The number of amides is 1. The van der Waals surface area contributed by atoms with Gasteiger partial charge in [-0.2, -0.15) is 11.3 Å². The first-order valence-electron chi connectivity index (χ1n) is 5.84. The van der Waals surface area contributed by atoms with Crippen LogP contribution in [0.15, 0.2) is 35.0 Å². The molecule has 19 heavy (non-hydrogen) atoms. The lowest BCUT2D eigenvalue weighted by atomic mass is 10.1. The lowest BCUT2D eigenvalue weighted by molar-refractivity contribution is -0.111. The maximum absolute atomic E-state index is 11.8. The molecular formula is C15H14ClNOS. The minimum absolute atomic E-state index is 0.181. The van der Waals surface area contributed by atoms with Crippen LogP contribution in [0.4, 0.5) is 5.69 Å². The molecule has 0 bridgehead atoms. The molecule has 2 rings (SSSR count). The number of thiophene rings is 1. The van der Waals surface area contributed by atoms with Crippen LogP contribution in [0.1, 0.15) is 16.7 Å². The minimum atomic E-state index is -0.181. The maximum Gasteiger partial charge on any atom is 0.248 e. The smallest absolute Gasteiger partial charge is 0.248 e. The molecule has 1 amide bonds. The molecule has 0 aliphatic carbocycles. The molecule has 2 aromatic rings. The van der Waals surface area contributed by atoms with Gasteiger partial charge in [-0.1, -0.05) is 17.7 Å². The van der Waals surface area contributed by atoms with E-state index in [0.29, 0.717) is 10.7 Å². The number of nitrogens with one attached hydrogen (secondary N) is 1. The third kappa shape index (κ3) is 3.69. The van der Waals surface area contributed by atoms with Gasteiger partial charge in [0, 0.05) is 6.08 Å². The van der Waals surface area contributed by atoms with Crippen molar-refractivity contribution in [2.75, 3.05) is 5.32 Å². The Morgan fingerprint density at radius 2 is 2.16 bits per heavy atom. The predicted octanol–water partition coefficient (Wildman–Crippen LogP) is 4.67. The van der Waals surface area contributed by atoms with Gasteiger partial charge in [-0.15, -0.1) is 0 Å². The molecule has 0 saturated carbocycles. The molecule has 1 aromatic heterocycles. The molecule has 0 aliphatic rings. The first-order chi connectivity index (χ1) is 9.06. The number of anilines is 1. The lowest BCUT2D eigenvalue weighted by Gasteiger charge is -2.09. The van der Waals surface area contributed by atoms with Crippen LogP contribution in [0.2, 0.25) is 5.02 Å². The Morgan fingerprint density at radius 1 is 1.37 bits per heavy atom. The molecule has 0 aliphatic heterocycles. The summed E-state index contributed by atoms with van der Waals surface area (Å²) in [5.41, 5.74) is 3.73. The van der Waals surface area contributed by atoms with Crippen molar-refractivity contribution < 1.29 is 4.79 Å². The van der Waals surface area contributed by atoms with Crippen LogP contribution in [0.5, 0.6) is 0 Å². The topological polar surface area (TPSA) is 29.1 Å². The van der Waals surface area contributed by atoms with Gasteiger partial charge in [0.25, 0.3) is 0 Å². The number of hydrogen-bond donors (Lipinski definition) is 1. The van der Waals surface area contributed by atoms with E-state index < -0.39 is 0 Å². The third-order valence-corrected chi connectivity index (χ3v) is 3.65. The molecule has 4 heteroatoms. The molecule has 0 spiro atoms. The zero-order chi connectivity index (χ0) is 13.8. The normalized spacial score (nSPS) is 10.9. The fourth-order valence-corrected chi connectivity index (χ4v) is 2.78. The molecule has 0 fully saturated rings. The van der Waals surface area contributed by atoms with Crippen LogP contribution in [0.3, 0.4) is 0 Å². The van der Waals surface area contributed by atoms with Crippen molar-refractivity contribution in [3.05, 3.63) is 56.7 Å². The van der Waals surface area contributed by atoms with Gasteiger partial charge in [0.05, 0.1) is 10.7 Å². The van der Waals surface area contributed by atoms with Gasteiger partial charge in [-0.25, -0.2) is 0 Å². The monoisotopic (exact) mass is 291 g/mol. The van der Waals surface area contributed by atoms with Crippen molar-refractivity contribution >= 4 is 40.6 Å². The lowest BCUT2D eigenvalue weighted by Crippen LogP contribution is -2.09. The van der Waals surface area contributed by atoms with Crippen molar-refractivity contribution in [3.63, 3.8) is 0 Å². The van der Waals surface area contributed by atoms with Crippen molar-refractivity contribution in [3.8, 4) is 0 Å². The summed E-state index contributed by atoms with van der Waals surface area (Å²) < 4.78 is 0. The van der Waals surface area contributed by atoms with Crippen LogP contribution in [0.25, 0.3) is 6.08 Å². The van der Waals surface area contributed by atoms with Crippen LogP contribution >= 0.6 is 22.9 Å². The summed E-state index contributed by atoms with van der Waals surface area (Å²) in [5.74, 6) is -0.181. The van der Waals surface area contributed by atoms with Crippen LogP contribution in [-0.2, 0) is 4.79 Å². The number of aryl methyl sites for hydroxylation is 2.